The molecule has 4 saturated carbocycles. The minimum atomic E-state index is -1.71. The van der Waals surface area contributed by atoms with Crippen molar-refractivity contribution in [1.82, 2.24) is 0 Å². The van der Waals surface area contributed by atoms with E-state index in [0.29, 0.717) is 38.5 Å². The van der Waals surface area contributed by atoms with Crippen molar-refractivity contribution in [3.63, 3.8) is 0 Å². The minimum Gasteiger partial charge on any atom is -0.458 e. The van der Waals surface area contributed by atoms with E-state index in [1.165, 1.54) is 0 Å². The maximum atomic E-state index is 13.2. The highest BCUT2D eigenvalue weighted by molar-refractivity contribution is 5.85. The van der Waals surface area contributed by atoms with Gasteiger partial charge in [-0.25, -0.2) is 4.79 Å². The number of hydrogen-bond acceptors (Lipinski definition) is 15. The summed E-state index contributed by atoms with van der Waals surface area (Å²) in [7, 11) is 0. The predicted octanol–water partition coefficient (Wildman–Crippen LogP) is -1.43. The standard InChI is InChI=1S/C35H52O15/c1-16-29(50-31-27(42)25(40)24(39)22(13-36)49-31)26(41)28(43)30(47-16)48-18-3-8-33(15-37)20-4-7-32(2)19(17-11-23(38)46-14-17)6-10-35(32,45)21(20)5-9-34(33,44)12-18/h11,15-16,18-22,24-31,36,39-45H,3-10,12-14H2,1-2H3/t16-,18+,19?,20?,21?,22-,24-,25-,26+,27-,28-,29+,30+,31+,32?,33?,34+,35+/m1/s1. The van der Waals surface area contributed by atoms with Gasteiger partial charge in [-0.1, -0.05) is 6.92 Å². The summed E-state index contributed by atoms with van der Waals surface area (Å²) in [4.78, 5) is 25.1. The highest BCUT2D eigenvalue weighted by Gasteiger charge is 2.71. The number of aliphatic hydroxyl groups excluding tert-OH is 6. The van der Waals surface area contributed by atoms with Gasteiger partial charge in [0.2, 0.25) is 0 Å². The SMILES string of the molecule is C[C@H]1O[C@@H](O[C@H]2CCC3(C=O)C4CCC5(C)C(C6=CC(=O)OC6)CC[C@]5(O)C4CC[C@]3(O)C2)[C@H](O)[C@H](O)[C@H]1O[C@@H]1O[C@H](CO)[C@@H](O)[C@@H](O)[C@H]1O. The van der Waals surface area contributed by atoms with Gasteiger partial charge in [0.25, 0.3) is 0 Å². The molecule has 15 heteroatoms. The van der Waals surface area contributed by atoms with Crippen LogP contribution in [0, 0.1) is 28.6 Å². The zero-order valence-corrected chi connectivity index (χ0v) is 28.5. The van der Waals surface area contributed by atoms with Gasteiger partial charge in [0.15, 0.2) is 12.6 Å². The molecule has 2 saturated heterocycles. The molecule has 3 heterocycles. The second-order valence-electron chi connectivity index (χ2n) is 16.2. The van der Waals surface area contributed by atoms with E-state index in [2.05, 4.69) is 6.92 Å². The number of esters is 1. The third-order valence-electron chi connectivity index (χ3n) is 14.1. The van der Waals surface area contributed by atoms with Crippen LogP contribution in [0.15, 0.2) is 11.6 Å². The summed E-state index contributed by atoms with van der Waals surface area (Å²) in [5, 5.41) is 87.0. The fourth-order valence-electron chi connectivity index (χ4n) is 11.3. The van der Waals surface area contributed by atoms with Crippen molar-refractivity contribution >= 4 is 12.3 Å². The maximum absolute atomic E-state index is 13.2. The van der Waals surface area contributed by atoms with Gasteiger partial charge in [-0.2, -0.15) is 0 Å². The second kappa shape index (κ2) is 13.1. The molecule has 4 aliphatic carbocycles. The molecule has 7 aliphatic rings. The van der Waals surface area contributed by atoms with E-state index < -0.39 is 96.2 Å². The molecule has 0 spiro atoms. The van der Waals surface area contributed by atoms with Gasteiger partial charge in [-0.3, -0.25) is 0 Å². The molecule has 0 bridgehead atoms. The molecule has 50 heavy (non-hydrogen) atoms. The fourth-order valence-corrected chi connectivity index (χ4v) is 11.3. The molecule has 6 fully saturated rings. The van der Waals surface area contributed by atoms with Crippen LogP contribution in [0.5, 0.6) is 0 Å². The predicted molar refractivity (Wildman–Crippen MR) is 167 cm³/mol. The van der Waals surface area contributed by atoms with Crippen molar-refractivity contribution in [1.29, 1.82) is 0 Å². The highest BCUT2D eigenvalue weighted by Crippen LogP contribution is 2.70. The molecule has 15 nitrogen and oxygen atoms in total. The van der Waals surface area contributed by atoms with E-state index in [1.807, 2.05) is 0 Å². The van der Waals surface area contributed by atoms with Crippen molar-refractivity contribution in [2.45, 2.75) is 150 Å². The summed E-state index contributed by atoms with van der Waals surface area (Å²) in [6, 6.07) is 0. The zero-order chi connectivity index (χ0) is 36.0. The first kappa shape index (κ1) is 36.7. The molecule has 0 aromatic heterocycles. The third kappa shape index (κ3) is 5.37. The van der Waals surface area contributed by atoms with Crippen LogP contribution >= 0.6 is 0 Å². The van der Waals surface area contributed by atoms with Gasteiger partial charge in [0.1, 0.15) is 55.6 Å². The second-order valence-corrected chi connectivity index (χ2v) is 16.2. The van der Waals surface area contributed by atoms with E-state index in [-0.39, 0.29) is 43.2 Å². The first-order valence-corrected chi connectivity index (χ1v) is 18.0. The van der Waals surface area contributed by atoms with E-state index in [0.717, 1.165) is 18.3 Å². The van der Waals surface area contributed by atoms with Crippen molar-refractivity contribution in [3.8, 4) is 0 Å². The lowest BCUT2D eigenvalue weighted by molar-refractivity contribution is -0.361. The van der Waals surface area contributed by atoms with Crippen LogP contribution in [0.1, 0.15) is 71.6 Å². The Kier molecular flexibility index (Phi) is 9.60. The molecule has 3 aliphatic heterocycles. The number of rotatable bonds is 7. The molecule has 0 aromatic rings. The lowest BCUT2D eigenvalue weighted by atomic mass is 9.41. The van der Waals surface area contributed by atoms with Gasteiger partial charge in [0, 0.05) is 17.9 Å². The lowest BCUT2D eigenvalue weighted by Crippen LogP contribution is -2.69. The molecule has 0 radical (unpaired) electrons. The summed E-state index contributed by atoms with van der Waals surface area (Å²) in [5.74, 6) is -0.830. The number of cyclic esters (lactones) is 1. The van der Waals surface area contributed by atoms with Crippen molar-refractivity contribution in [3.05, 3.63) is 11.6 Å². The lowest BCUT2D eigenvalue weighted by Gasteiger charge is -2.65. The van der Waals surface area contributed by atoms with Crippen LogP contribution < -0.4 is 0 Å². The fraction of sp³-hybridized carbons (Fsp3) is 0.886. The van der Waals surface area contributed by atoms with Gasteiger partial charge >= 0.3 is 5.97 Å². The first-order valence-electron chi connectivity index (χ1n) is 18.0. The Morgan fingerprint density at radius 1 is 0.860 bits per heavy atom. The maximum Gasteiger partial charge on any atom is 0.331 e. The van der Waals surface area contributed by atoms with Gasteiger partial charge in [-0.05, 0) is 81.6 Å². The summed E-state index contributed by atoms with van der Waals surface area (Å²) in [6.07, 6.45) is -8.63. The molecular formula is C35H52O15. The Balaban J connectivity index is 1.02. The molecule has 0 aromatic carbocycles. The first-order chi connectivity index (χ1) is 23.6. The minimum absolute atomic E-state index is 0.00102. The van der Waals surface area contributed by atoms with E-state index in [1.54, 1.807) is 13.0 Å². The Hall–Kier alpha value is -1.60. The molecular weight excluding hydrogens is 660 g/mol. The van der Waals surface area contributed by atoms with E-state index in [4.69, 9.17) is 23.7 Å². The normalized spacial score (nSPS) is 55.0. The number of aldehydes is 1. The van der Waals surface area contributed by atoms with Gasteiger partial charge in [-0.15, -0.1) is 0 Å². The number of carbonyl (C=O) groups is 2. The number of hydrogen-bond donors (Lipinski definition) is 8. The van der Waals surface area contributed by atoms with Gasteiger partial charge in [0.05, 0.1) is 35.4 Å². The van der Waals surface area contributed by atoms with Crippen LogP contribution in [0.2, 0.25) is 0 Å². The van der Waals surface area contributed by atoms with E-state index >= 15 is 0 Å². The average Bonchev–Trinajstić information content (AvgIpc) is 3.64. The summed E-state index contributed by atoms with van der Waals surface area (Å²) < 4.78 is 28.4. The van der Waals surface area contributed by atoms with Crippen LogP contribution in [-0.2, 0) is 33.3 Å². The molecule has 282 valence electrons. The topological polar surface area (TPSA) is 242 Å². The van der Waals surface area contributed by atoms with Gasteiger partial charge < -0.3 is 69.3 Å². The number of carbonyl (C=O) groups excluding carboxylic acids is 2. The van der Waals surface area contributed by atoms with Crippen molar-refractivity contribution < 1.29 is 74.1 Å². The summed E-state index contributed by atoms with van der Waals surface area (Å²) >= 11 is 0. The Morgan fingerprint density at radius 3 is 2.24 bits per heavy atom. The molecule has 0 amide bonds. The van der Waals surface area contributed by atoms with Crippen LogP contribution in [0.4, 0.5) is 0 Å². The summed E-state index contributed by atoms with van der Waals surface area (Å²) in [6.45, 7) is 3.22. The van der Waals surface area contributed by atoms with Crippen LogP contribution in [0.3, 0.4) is 0 Å². The number of ether oxygens (including phenoxy) is 5. The van der Waals surface area contributed by atoms with Crippen LogP contribution in [-0.4, -0.2) is 145 Å². The summed E-state index contributed by atoms with van der Waals surface area (Å²) in [5.41, 5.74) is -3.20. The van der Waals surface area contributed by atoms with Crippen molar-refractivity contribution in [2.75, 3.05) is 13.2 Å². The quantitative estimate of drug-likeness (QED) is 0.0858. The Morgan fingerprint density at radius 2 is 1.56 bits per heavy atom. The molecule has 8 N–H and O–H groups in total. The number of aliphatic hydroxyl groups is 8. The average molecular weight is 713 g/mol. The third-order valence-corrected chi connectivity index (χ3v) is 14.1. The monoisotopic (exact) mass is 712 g/mol. The highest BCUT2D eigenvalue weighted by atomic mass is 16.7. The zero-order valence-electron chi connectivity index (χ0n) is 28.5. The van der Waals surface area contributed by atoms with E-state index in [9.17, 15) is 50.4 Å². The smallest absolute Gasteiger partial charge is 0.331 e. The largest absolute Gasteiger partial charge is 0.458 e. The molecule has 18 atom stereocenters. The Labute approximate surface area is 290 Å². The molecule has 5 unspecified atom stereocenters. The van der Waals surface area contributed by atoms with Crippen molar-refractivity contribution in [2.24, 2.45) is 28.6 Å². The Bertz CT molecular complexity index is 1340. The van der Waals surface area contributed by atoms with Crippen LogP contribution in [0.25, 0.3) is 0 Å². The molecule has 7 rings (SSSR count). The number of fused-ring (bicyclic) bond motifs is 5.